The predicted molar refractivity (Wildman–Crippen MR) is 79.5 cm³/mol. The van der Waals surface area contributed by atoms with Crippen LogP contribution in [0.15, 0.2) is 0 Å². The molecule has 8 nitrogen and oxygen atoms in total. The molecule has 3 amide bonds. The molecule has 1 rings (SSSR count). The highest BCUT2D eigenvalue weighted by molar-refractivity contribution is 7.90. The van der Waals surface area contributed by atoms with Gasteiger partial charge in [0, 0.05) is 39.0 Å². The van der Waals surface area contributed by atoms with Gasteiger partial charge in [0.05, 0.1) is 11.8 Å². The van der Waals surface area contributed by atoms with E-state index in [1.165, 1.54) is 0 Å². The molecule has 0 aromatic rings. The lowest BCUT2D eigenvalue weighted by molar-refractivity contribution is -0.134. The Hall–Kier alpha value is -1.35. The number of hydrogen-bond acceptors (Lipinski definition) is 5. The van der Waals surface area contributed by atoms with E-state index in [0.717, 1.165) is 6.26 Å². The van der Waals surface area contributed by atoms with Gasteiger partial charge in [-0.2, -0.15) is 0 Å². The molecule has 1 unspecified atom stereocenters. The molecular weight excluding hydrogens is 296 g/mol. The number of urea groups is 1. The number of nitrogens with zero attached hydrogens (tertiary/aromatic N) is 2. The van der Waals surface area contributed by atoms with E-state index in [9.17, 15) is 18.0 Å². The van der Waals surface area contributed by atoms with Crippen LogP contribution in [0, 0.1) is 0 Å². The molecule has 0 bridgehead atoms. The molecule has 1 aliphatic rings. The Morgan fingerprint density at radius 1 is 1.19 bits per heavy atom. The number of nitrogens with one attached hydrogen (secondary N) is 1. The van der Waals surface area contributed by atoms with E-state index in [4.69, 9.17) is 5.73 Å². The van der Waals surface area contributed by atoms with E-state index in [1.54, 1.807) is 9.80 Å². The van der Waals surface area contributed by atoms with Gasteiger partial charge in [0.1, 0.15) is 9.84 Å². The van der Waals surface area contributed by atoms with E-state index < -0.39 is 15.9 Å². The highest BCUT2D eigenvalue weighted by Gasteiger charge is 2.27. The summed E-state index contributed by atoms with van der Waals surface area (Å²) in [7, 11) is -3.12. The van der Waals surface area contributed by atoms with Crippen LogP contribution in [-0.4, -0.2) is 80.9 Å². The van der Waals surface area contributed by atoms with Crippen LogP contribution < -0.4 is 11.1 Å². The second kappa shape index (κ2) is 7.60. The molecule has 0 radical (unpaired) electrons. The average molecular weight is 320 g/mol. The van der Waals surface area contributed by atoms with Crippen LogP contribution in [-0.2, 0) is 14.6 Å². The molecule has 1 atom stereocenters. The number of carbonyl (C=O) groups excluding carboxylic acids is 2. The van der Waals surface area contributed by atoms with Crippen molar-refractivity contribution >= 4 is 21.8 Å². The second-order valence-corrected chi connectivity index (χ2v) is 7.43. The standard InChI is InChI=1S/C12H24N4O4S/c1-3-14-12(18)16-7-5-15(6-8-16)11(17)10(13)4-9-21(2,19)20/h10H,3-9,13H2,1-2H3,(H,14,18). The molecule has 0 aliphatic carbocycles. The molecule has 1 heterocycles. The van der Waals surface area contributed by atoms with Crippen molar-refractivity contribution in [1.29, 1.82) is 0 Å². The molecule has 3 N–H and O–H groups in total. The molecule has 1 fully saturated rings. The van der Waals surface area contributed by atoms with Gasteiger partial charge < -0.3 is 20.9 Å². The number of sulfone groups is 1. The lowest BCUT2D eigenvalue weighted by atomic mass is 10.2. The summed E-state index contributed by atoms with van der Waals surface area (Å²) in [4.78, 5) is 27.0. The summed E-state index contributed by atoms with van der Waals surface area (Å²) in [6.45, 7) is 4.16. The molecule has 1 aliphatic heterocycles. The third-order valence-electron chi connectivity index (χ3n) is 3.32. The summed E-state index contributed by atoms with van der Waals surface area (Å²) in [5.41, 5.74) is 5.75. The molecule has 122 valence electrons. The zero-order chi connectivity index (χ0) is 16.0. The van der Waals surface area contributed by atoms with Gasteiger partial charge in [-0.1, -0.05) is 0 Å². The van der Waals surface area contributed by atoms with E-state index in [1.807, 2.05) is 6.92 Å². The molecule has 9 heteroatoms. The fraction of sp³-hybridized carbons (Fsp3) is 0.833. The Balaban J connectivity index is 2.42. The van der Waals surface area contributed by atoms with Crippen molar-refractivity contribution < 1.29 is 18.0 Å². The molecule has 21 heavy (non-hydrogen) atoms. The van der Waals surface area contributed by atoms with Gasteiger partial charge >= 0.3 is 6.03 Å². The third kappa shape index (κ3) is 5.88. The third-order valence-corrected chi connectivity index (χ3v) is 4.30. The molecule has 1 saturated heterocycles. The first kappa shape index (κ1) is 17.7. The highest BCUT2D eigenvalue weighted by atomic mass is 32.2. The lowest BCUT2D eigenvalue weighted by Gasteiger charge is -2.35. The first-order chi connectivity index (χ1) is 9.74. The fourth-order valence-corrected chi connectivity index (χ4v) is 2.77. The molecule has 0 saturated carbocycles. The maximum Gasteiger partial charge on any atom is 0.317 e. The van der Waals surface area contributed by atoms with Crippen molar-refractivity contribution in [3.05, 3.63) is 0 Å². The van der Waals surface area contributed by atoms with Crippen LogP contribution in [0.5, 0.6) is 0 Å². The SMILES string of the molecule is CCNC(=O)N1CCN(C(=O)C(N)CCS(C)(=O)=O)CC1. The van der Waals surface area contributed by atoms with Gasteiger partial charge in [-0.05, 0) is 13.3 Å². The lowest BCUT2D eigenvalue weighted by Crippen LogP contribution is -2.56. The smallest absolute Gasteiger partial charge is 0.317 e. The molecular formula is C12H24N4O4S. The first-order valence-electron chi connectivity index (χ1n) is 6.99. The monoisotopic (exact) mass is 320 g/mol. The minimum Gasteiger partial charge on any atom is -0.338 e. The maximum absolute atomic E-state index is 12.1. The van der Waals surface area contributed by atoms with E-state index >= 15 is 0 Å². The minimum atomic E-state index is -3.12. The Bertz CT molecular complexity index is 472. The zero-order valence-electron chi connectivity index (χ0n) is 12.5. The molecule has 0 aromatic heterocycles. The Morgan fingerprint density at radius 3 is 2.19 bits per heavy atom. The number of piperazine rings is 1. The summed E-state index contributed by atoms with van der Waals surface area (Å²) in [5, 5.41) is 2.71. The first-order valence-corrected chi connectivity index (χ1v) is 9.05. The van der Waals surface area contributed by atoms with Gasteiger partial charge in [-0.25, -0.2) is 13.2 Å². The van der Waals surface area contributed by atoms with Crippen molar-refractivity contribution in [2.45, 2.75) is 19.4 Å². The summed E-state index contributed by atoms with van der Waals surface area (Å²) in [6, 6.07) is -0.943. The van der Waals surface area contributed by atoms with E-state index in [-0.39, 0.29) is 24.1 Å². The molecule has 0 spiro atoms. The van der Waals surface area contributed by atoms with Crippen molar-refractivity contribution in [3.63, 3.8) is 0 Å². The Morgan fingerprint density at radius 2 is 1.71 bits per heavy atom. The highest BCUT2D eigenvalue weighted by Crippen LogP contribution is 2.06. The summed E-state index contributed by atoms with van der Waals surface area (Å²) in [6.07, 6.45) is 1.24. The zero-order valence-corrected chi connectivity index (χ0v) is 13.4. The number of nitrogens with two attached hydrogens (primary N) is 1. The van der Waals surface area contributed by atoms with Crippen LogP contribution in [0.25, 0.3) is 0 Å². The van der Waals surface area contributed by atoms with Gasteiger partial charge in [0.2, 0.25) is 5.91 Å². The van der Waals surface area contributed by atoms with E-state index in [2.05, 4.69) is 5.32 Å². The van der Waals surface area contributed by atoms with E-state index in [0.29, 0.717) is 32.7 Å². The summed E-state index contributed by atoms with van der Waals surface area (Å²) >= 11 is 0. The van der Waals surface area contributed by atoms with Crippen molar-refractivity contribution in [2.24, 2.45) is 5.73 Å². The number of hydrogen-bond donors (Lipinski definition) is 2. The minimum absolute atomic E-state index is 0.0984. The molecule has 0 aromatic carbocycles. The quantitative estimate of drug-likeness (QED) is 0.648. The number of amides is 3. The maximum atomic E-state index is 12.1. The van der Waals surface area contributed by atoms with Crippen LogP contribution in [0.2, 0.25) is 0 Å². The summed E-state index contributed by atoms with van der Waals surface area (Å²) in [5.74, 6) is -0.354. The fourth-order valence-electron chi connectivity index (χ4n) is 2.09. The normalized spacial score (nSPS) is 17.5. The Labute approximate surface area is 125 Å². The predicted octanol–water partition coefficient (Wildman–Crippen LogP) is -1.38. The second-order valence-electron chi connectivity index (χ2n) is 5.17. The van der Waals surface area contributed by atoms with Crippen LogP contribution in [0.4, 0.5) is 4.79 Å². The largest absolute Gasteiger partial charge is 0.338 e. The van der Waals surface area contributed by atoms with Crippen LogP contribution >= 0.6 is 0 Å². The van der Waals surface area contributed by atoms with Crippen molar-refractivity contribution in [3.8, 4) is 0 Å². The van der Waals surface area contributed by atoms with Crippen LogP contribution in [0.3, 0.4) is 0 Å². The van der Waals surface area contributed by atoms with Gasteiger partial charge in [-0.3, -0.25) is 4.79 Å². The number of rotatable bonds is 5. The summed E-state index contributed by atoms with van der Waals surface area (Å²) < 4.78 is 22.2. The van der Waals surface area contributed by atoms with Crippen molar-refractivity contribution in [1.82, 2.24) is 15.1 Å². The van der Waals surface area contributed by atoms with Crippen LogP contribution in [0.1, 0.15) is 13.3 Å². The number of carbonyl (C=O) groups is 2. The Kier molecular flexibility index (Phi) is 6.41. The topological polar surface area (TPSA) is 113 Å². The van der Waals surface area contributed by atoms with Gasteiger partial charge in [0.25, 0.3) is 0 Å². The van der Waals surface area contributed by atoms with Gasteiger partial charge in [0.15, 0.2) is 0 Å². The van der Waals surface area contributed by atoms with Gasteiger partial charge in [-0.15, -0.1) is 0 Å². The van der Waals surface area contributed by atoms with Crippen molar-refractivity contribution in [2.75, 3.05) is 44.7 Å². The average Bonchev–Trinajstić information content (AvgIpc) is 2.43.